The summed E-state index contributed by atoms with van der Waals surface area (Å²) in [5.74, 6) is 0. The van der Waals surface area contributed by atoms with Gasteiger partial charge >= 0.3 is 0 Å². The Morgan fingerprint density at radius 2 is 2.13 bits per heavy atom. The molecule has 2 unspecified atom stereocenters. The number of hydrogen-bond acceptors (Lipinski definition) is 3. The van der Waals surface area contributed by atoms with Gasteiger partial charge in [-0.1, -0.05) is 6.07 Å². The van der Waals surface area contributed by atoms with E-state index >= 15 is 0 Å². The maximum absolute atomic E-state index is 10.5. The Labute approximate surface area is 94.9 Å². The summed E-state index contributed by atoms with van der Waals surface area (Å²) in [4.78, 5) is 1.26. The highest BCUT2D eigenvalue weighted by atomic mass is 32.1. The SMILES string of the molecule is CC1CC(O)(Cc2cccs2)CC(C)O1. The second-order valence-electron chi connectivity index (χ2n) is 4.65. The average molecular weight is 226 g/mol. The minimum Gasteiger partial charge on any atom is -0.389 e. The van der Waals surface area contributed by atoms with Crippen LogP contribution < -0.4 is 0 Å². The van der Waals surface area contributed by atoms with Gasteiger partial charge in [-0.25, -0.2) is 0 Å². The molecule has 1 aromatic rings. The lowest BCUT2D eigenvalue weighted by Crippen LogP contribution is -2.44. The van der Waals surface area contributed by atoms with Gasteiger partial charge in [-0.15, -0.1) is 11.3 Å². The fourth-order valence-corrected chi connectivity index (χ4v) is 3.37. The summed E-state index contributed by atoms with van der Waals surface area (Å²) in [6.45, 7) is 4.07. The standard InChI is InChI=1S/C12H18O2S/c1-9-6-12(13,7-10(2)14-9)8-11-4-3-5-15-11/h3-5,9-10,13H,6-8H2,1-2H3. The van der Waals surface area contributed by atoms with Crippen LogP contribution in [0, 0.1) is 0 Å². The molecule has 1 aliphatic rings. The first kappa shape index (κ1) is 11.1. The van der Waals surface area contributed by atoms with Crippen LogP contribution in [0.2, 0.25) is 0 Å². The first-order valence-electron chi connectivity index (χ1n) is 5.48. The van der Waals surface area contributed by atoms with E-state index in [0.29, 0.717) is 0 Å². The molecule has 0 saturated carbocycles. The largest absolute Gasteiger partial charge is 0.389 e. The number of rotatable bonds is 2. The molecule has 1 saturated heterocycles. The average Bonchev–Trinajstić information content (AvgIpc) is 2.52. The van der Waals surface area contributed by atoms with Crippen molar-refractivity contribution in [3.8, 4) is 0 Å². The van der Waals surface area contributed by atoms with Crippen molar-refractivity contribution in [2.45, 2.75) is 50.9 Å². The van der Waals surface area contributed by atoms with Crippen LogP contribution in [0.15, 0.2) is 17.5 Å². The van der Waals surface area contributed by atoms with Crippen molar-refractivity contribution < 1.29 is 9.84 Å². The van der Waals surface area contributed by atoms with Crippen molar-refractivity contribution in [3.05, 3.63) is 22.4 Å². The van der Waals surface area contributed by atoms with Gasteiger partial charge in [0, 0.05) is 24.1 Å². The van der Waals surface area contributed by atoms with Crippen LogP contribution in [-0.4, -0.2) is 22.9 Å². The maximum atomic E-state index is 10.5. The van der Waals surface area contributed by atoms with E-state index in [4.69, 9.17) is 4.74 Å². The molecule has 84 valence electrons. The molecule has 0 spiro atoms. The number of aliphatic hydroxyl groups is 1. The molecule has 0 radical (unpaired) electrons. The Morgan fingerprint density at radius 3 is 2.67 bits per heavy atom. The Hall–Kier alpha value is -0.380. The fraction of sp³-hybridized carbons (Fsp3) is 0.667. The molecule has 15 heavy (non-hydrogen) atoms. The Kier molecular flexibility index (Phi) is 3.14. The highest BCUT2D eigenvalue weighted by Gasteiger charge is 2.36. The van der Waals surface area contributed by atoms with Crippen LogP contribution in [0.4, 0.5) is 0 Å². The van der Waals surface area contributed by atoms with Gasteiger partial charge in [0.1, 0.15) is 0 Å². The first-order valence-corrected chi connectivity index (χ1v) is 6.36. The van der Waals surface area contributed by atoms with E-state index in [1.165, 1.54) is 4.88 Å². The normalized spacial score (nSPS) is 36.7. The molecule has 0 amide bonds. The minimum absolute atomic E-state index is 0.165. The monoisotopic (exact) mass is 226 g/mol. The van der Waals surface area contributed by atoms with Crippen molar-refractivity contribution >= 4 is 11.3 Å². The summed E-state index contributed by atoms with van der Waals surface area (Å²) in [7, 11) is 0. The van der Waals surface area contributed by atoms with E-state index in [0.717, 1.165) is 19.3 Å². The van der Waals surface area contributed by atoms with E-state index in [2.05, 4.69) is 11.4 Å². The smallest absolute Gasteiger partial charge is 0.0744 e. The molecular formula is C12H18O2S. The van der Waals surface area contributed by atoms with Crippen LogP contribution in [-0.2, 0) is 11.2 Å². The topological polar surface area (TPSA) is 29.5 Å². The van der Waals surface area contributed by atoms with E-state index in [-0.39, 0.29) is 12.2 Å². The van der Waals surface area contributed by atoms with Crippen LogP contribution >= 0.6 is 11.3 Å². The van der Waals surface area contributed by atoms with Gasteiger partial charge in [-0.05, 0) is 25.3 Å². The summed E-state index contributed by atoms with van der Waals surface area (Å²) in [6.07, 6.45) is 2.59. The summed E-state index contributed by atoms with van der Waals surface area (Å²) >= 11 is 1.72. The van der Waals surface area contributed by atoms with Crippen LogP contribution in [0.1, 0.15) is 31.6 Å². The molecular weight excluding hydrogens is 208 g/mol. The lowest BCUT2D eigenvalue weighted by molar-refractivity contribution is -0.130. The maximum Gasteiger partial charge on any atom is 0.0744 e. The zero-order chi connectivity index (χ0) is 10.9. The molecule has 2 heterocycles. The molecule has 1 N–H and O–H groups in total. The number of thiophene rings is 1. The Morgan fingerprint density at radius 1 is 1.47 bits per heavy atom. The van der Waals surface area contributed by atoms with Gasteiger partial charge in [0.15, 0.2) is 0 Å². The number of ether oxygens (including phenoxy) is 1. The lowest BCUT2D eigenvalue weighted by atomic mass is 9.84. The first-order chi connectivity index (χ1) is 7.07. The van der Waals surface area contributed by atoms with E-state index in [9.17, 15) is 5.11 Å². The molecule has 2 atom stereocenters. The Balaban J connectivity index is 2.05. The predicted octanol–water partition coefficient (Wildman–Crippen LogP) is 2.61. The molecule has 2 nitrogen and oxygen atoms in total. The molecule has 2 rings (SSSR count). The van der Waals surface area contributed by atoms with Gasteiger partial charge in [-0.2, -0.15) is 0 Å². The summed E-state index contributed by atoms with van der Waals surface area (Å²) < 4.78 is 5.64. The zero-order valence-corrected chi connectivity index (χ0v) is 10.1. The van der Waals surface area contributed by atoms with Gasteiger partial charge in [-0.3, -0.25) is 0 Å². The highest BCUT2D eigenvalue weighted by Crippen LogP contribution is 2.32. The minimum atomic E-state index is -0.568. The molecule has 0 bridgehead atoms. The molecule has 0 aromatic carbocycles. The Bertz CT molecular complexity index is 297. The molecule has 3 heteroatoms. The number of hydrogen-bond donors (Lipinski definition) is 1. The van der Waals surface area contributed by atoms with Crippen molar-refractivity contribution in [2.75, 3.05) is 0 Å². The second-order valence-corrected chi connectivity index (χ2v) is 5.68. The second kappa shape index (κ2) is 4.24. The molecule has 1 fully saturated rings. The molecule has 1 aromatic heterocycles. The third-order valence-electron chi connectivity index (χ3n) is 2.88. The predicted molar refractivity (Wildman–Crippen MR) is 62.2 cm³/mol. The van der Waals surface area contributed by atoms with Crippen LogP contribution in [0.3, 0.4) is 0 Å². The summed E-state index contributed by atoms with van der Waals surface area (Å²) in [6, 6.07) is 4.13. The van der Waals surface area contributed by atoms with Gasteiger partial charge in [0.25, 0.3) is 0 Å². The fourth-order valence-electron chi connectivity index (χ4n) is 2.53. The molecule has 1 aliphatic heterocycles. The van der Waals surface area contributed by atoms with Crippen molar-refractivity contribution in [3.63, 3.8) is 0 Å². The van der Waals surface area contributed by atoms with E-state index < -0.39 is 5.60 Å². The highest BCUT2D eigenvalue weighted by molar-refractivity contribution is 7.09. The third kappa shape index (κ3) is 2.80. The van der Waals surface area contributed by atoms with Crippen LogP contribution in [0.25, 0.3) is 0 Å². The van der Waals surface area contributed by atoms with Crippen molar-refractivity contribution in [2.24, 2.45) is 0 Å². The van der Waals surface area contributed by atoms with E-state index in [1.807, 2.05) is 19.9 Å². The summed E-state index contributed by atoms with van der Waals surface area (Å²) in [5.41, 5.74) is -0.568. The quantitative estimate of drug-likeness (QED) is 0.840. The lowest BCUT2D eigenvalue weighted by Gasteiger charge is -2.39. The van der Waals surface area contributed by atoms with Gasteiger partial charge in [0.05, 0.1) is 17.8 Å². The van der Waals surface area contributed by atoms with Crippen molar-refractivity contribution in [1.29, 1.82) is 0 Å². The molecule has 0 aliphatic carbocycles. The summed E-state index contributed by atoms with van der Waals surface area (Å²) in [5, 5.41) is 12.6. The van der Waals surface area contributed by atoms with Crippen LogP contribution in [0.5, 0.6) is 0 Å². The van der Waals surface area contributed by atoms with E-state index in [1.54, 1.807) is 11.3 Å². The zero-order valence-electron chi connectivity index (χ0n) is 9.27. The van der Waals surface area contributed by atoms with Gasteiger partial charge in [0.2, 0.25) is 0 Å². The van der Waals surface area contributed by atoms with Crippen molar-refractivity contribution in [1.82, 2.24) is 0 Å². The van der Waals surface area contributed by atoms with Gasteiger partial charge < -0.3 is 9.84 Å². The third-order valence-corrected chi connectivity index (χ3v) is 3.76.